The number of esters is 1. The summed E-state index contributed by atoms with van der Waals surface area (Å²) in [6.07, 6.45) is -0.421. The average molecular weight is 417 g/mol. The van der Waals surface area contributed by atoms with Crippen LogP contribution < -0.4 is 14.8 Å². The highest BCUT2D eigenvalue weighted by molar-refractivity contribution is 5.92. The lowest BCUT2D eigenvalue weighted by atomic mass is 10.1. The normalized spacial score (nSPS) is 11.7. The van der Waals surface area contributed by atoms with E-state index in [0.717, 1.165) is 5.56 Å². The number of rotatable bonds is 10. The smallest absolute Gasteiger partial charge is 0.339 e. The monoisotopic (exact) mass is 417 g/mol. The third kappa shape index (κ3) is 7.06. The van der Waals surface area contributed by atoms with E-state index in [1.54, 1.807) is 24.3 Å². The number of ether oxygens (including phenoxy) is 3. The van der Waals surface area contributed by atoms with Crippen molar-refractivity contribution >= 4 is 11.9 Å². The van der Waals surface area contributed by atoms with Gasteiger partial charge < -0.3 is 19.5 Å². The zero-order valence-electron chi connectivity index (χ0n) is 17.7. The molecule has 0 fully saturated rings. The van der Waals surface area contributed by atoms with E-state index in [0.29, 0.717) is 37.0 Å². The Labute approximate surface area is 176 Å². The van der Waals surface area contributed by atoms with Gasteiger partial charge in [-0.1, -0.05) is 26.0 Å². The fourth-order valence-corrected chi connectivity index (χ4v) is 2.58. The number of amides is 1. The second kappa shape index (κ2) is 11.2. The summed E-state index contributed by atoms with van der Waals surface area (Å²) >= 11 is 0. The number of methoxy groups -OCH3 is 1. The first-order valence-corrected chi connectivity index (χ1v) is 9.84. The van der Waals surface area contributed by atoms with Gasteiger partial charge in [-0.2, -0.15) is 0 Å². The van der Waals surface area contributed by atoms with E-state index in [9.17, 15) is 14.0 Å². The number of benzene rings is 2. The molecule has 0 saturated carbocycles. The lowest BCUT2D eigenvalue weighted by molar-refractivity contribution is -0.129. The minimum absolute atomic E-state index is 0.259. The minimum atomic E-state index is -0.964. The lowest BCUT2D eigenvalue weighted by Crippen LogP contribution is -2.36. The van der Waals surface area contributed by atoms with Crippen LogP contribution in [-0.2, 0) is 16.0 Å². The molecule has 0 aliphatic heterocycles. The van der Waals surface area contributed by atoms with Crippen LogP contribution in [0.3, 0.4) is 0 Å². The van der Waals surface area contributed by atoms with E-state index >= 15 is 0 Å². The van der Waals surface area contributed by atoms with Crippen LogP contribution in [0.4, 0.5) is 4.39 Å². The molecule has 1 N–H and O–H groups in total. The zero-order chi connectivity index (χ0) is 22.1. The van der Waals surface area contributed by atoms with Crippen molar-refractivity contribution in [3.8, 4) is 11.5 Å². The fourth-order valence-electron chi connectivity index (χ4n) is 2.58. The van der Waals surface area contributed by atoms with Crippen molar-refractivity contribution < 1.29 is 28.2 Å². The van der Waals surface area contributed by atoms with Crippen molar-refractivity contribution in [1.29, 1.82) is 0 Å². The van der Waals surface area contributed by atoms with Crippen LogP contribution in [0.5, 0.6) is 11.5 Å². The maximum atomic E-state index is 12.9. The highest BCUT2D eigenvalue weighted by Crippen LogP contribution is 2.29. The van der Waals surface area contributed by atoms with Crippen molar-refractivity contribution in [3.05, 3.63) is 59.4 Å². The van der Waals surface area contributed by atoms with Crippen LogP contribution in [0.2, 0.25) is 0 Å². The quantitative estimate of drug-likeness (QED) is 0.596. The van der Waals surface area contributed by atoms with Gasteiger partial charge in [-0.15, -0.1) is 0 Å². The Balaban J connectivity index is 1.87. The molecule has 0 unspecified atom stereocenters. The molecule has 7 heteroatoms. The van der Waals surface area contributed by atoms with Crippen molar-refractivity contribution in [3.63, 3.8) is 0 Å². The van der Waals surface area contributed by atoms with Gasteiger partial charge in [0, 0.05) is 6.54 Å². The minimum Gasteiger partial charge on any atom is -0.493 e. The zero-order valence-corrected chi connectivity index (χ0v) is 17.7. The molecule has 0 bridgehead atoms. The van der Waals surface area contributed by atoms with Gasteiger partial charge in [0.15, 0.2) is 17.6 Å². The van der Waals surface area contributed by atoms with Gasteiger partial charge in [0.2, 0.25) is 0 Å². The molecule has 162 valence electrons. The molecule has 0 saturated heterocycles. The van der Waals surface area contributed by atoms with Gasteiger partial charge >= 0.3 is 5.97 Å². The predicted molar refractivity (Wildman–Crippen MR) is 111 cm³/mol. The molecule has 0 aliphatic carbocycles. The van der Waals surface area contributed by atoms with Gasteiger partial charge in [-0.3, -0.25) is 4.79 Å². The SMILES string of the molecule is COc1cc(C(=O)O[C@@H](C)C(=O)NCCc2ccc(F)cc2)ccc1OCC(C)C. The summed E-state index contributed by atoms with van der Waals surface area (Å²) in [4.78, 5) is 24.6. The van der Waals surface area contributed by atoms with E-state index in [-0.39, 0.29) is 11.4 Å². The Morgan fingerprint density at radius 3 is 2.37 bits per heavy atom. The molecule has 1 amide bonds. The first-order chi connectivity index (χ1) is 14.3. The molecular weight excluding hydrogens is 389 g/mol. The molecule has 2 aromatic rings. The molecule has 2 aromatic carbocycles. The third-order valence-corrected chi connectivity index (χ3v) is 4.25. The van der Waals surface area contributed by atoms with Gasteiger partial charge in [-0.25, -0.2) is 9.18 Å². The Morgan fingerprint density at radius 2 is 1.73 bits per heavy atom. The number of nitrogens with one attached hydrogen (secondary N) is 1. The average Bonchev–Trinajstić information content (AvgIpc) is 2.73. The highest BCUT2D eigenvalue weighted by atomic mass is 19.1. The number of hydrogen-bond acceptors (Lipinski definition) is 5. The van der Waals surface area contributed by atoms with Crippen molar-refractivity contribution in [2.24, 2.45) is 5.92 Å². The maximum Gasteiger partial charge on any atom is 0.339 e. The standard InChI is InChI=1S/C23H28FNO5/c1-15(2)14-29-20-10-7-18(13-21(20)28-4)23(27)30-16(3)22(26)25-12-11-17-5-8-19(24)9-6-17/h5-10,13,15-16H,11-12,14H2,1-4H3,(H,25,26)/t16-/m0/s1. The van der Waals surface area contributed by atoms with Crippen LogP contribution in [0.25, 0.3) is 0 Å². The van der Waals surface area contributed by atoms with E-state index in [4.69, 9.17) is 14.2 Å². The van der Waals surface area contributed by atoms with Crippen molar-refractivity contribution in [2.75, 3.05) is 20.3 Å². The van der Waals surface area contributed by atoms with Crippen LogP contribution in [0.1, 0.15) is 36.7 Å². The number of carbonyl (C=O) groups excluding carboxylic acids is 2. The molecule has 0 aliphatic rings. The fraction of sp³-hybridized carbons (Fsp3) is 0.391. The highest BCUT2D eigenvalue weighted by Gasteiger charge is 2.20. The summed E-state index contributed by atoms with van der Waals surface area (Å²) in [6.45, 7) is 6.44. The Morgan fingerprint density at radius 1 is 1.03 bits per heavy atom. The Bertz CT molecular complexity index is 851. The Hall–Kier alpha value is -3.09. The summed E-state index contributed by atoms with van der Waals surface area (Å²) in [5.41, 5.74) is 1.16. The summed E-state index contributed by atoms with van der Waals surface area (Å²) < 4.78 is 29.1. The summed E-state index contributed by atoms with van der Waals surface area (Å²) in [5.74, 6) is -0.0451. The summed E-state index contributed by atoms with van der Waals surface area (Å²) in [6, 6.07) is 10.8. The summed E-state index contributed by atoms with van der Waals surface area (Å²) in [7, 11) is 1.49. The van der Waals surface area contributed by atoms with Crippen LogP contribution in [0.15, 0.2) is 42.5 Å². The second-order valence-corrected chi connectivity index (χ2v) is 7.29. The number of halogens is 1. The predicted octanol–water partition coefficient (Wildman–Crippen LogP) is 3.77. The summed E-state index contributed by atoms with van der Waals surface area (Å²) in [5, 5.41) is 2.71. The lowest BCUT2D eigenvalue weighted by Gasteiger charge is -2.15. The molecule has 0 radical (unpaired) electrons. The molecule has 6 nitrogen and oxygen atoms in total. The van der Waals surface area contributed by atoms with Crippen molar-refractivity contribution in [2.45, 2.75) is 33.3 Å². The van der Waals surface area contributed by atoms with E-state index in [1.165, 1.54) is 32.2 Å². The molecular formula is C23H28FNO5. The van der Waals surface area contributed by atoms with Crippen LogP contribution >= 0.6 is 0 Å². The molecule has 2 rings (SSSR count). The Kier molecular flexibility index (Phi) is 8.65. The molecule has 0 heterocycles. The topological polar surface area (TPSA) is 73.9 Å². The maximum absolute atomic E-state index is 12.9. The molecule has 1 atom stereocenters. The van der Waals surface area contributed by atoms with E-state index in [1.807, 2.05) is 13.8 Å². The molecule has 30 heavy (non-hydrogen) atoms. The number of carbonyl (C=O) groups is 2. The van der Waals surface area contributed by atoms with Gasteiger partial charge in [0.05, 0.1) is 19.3 Å². The van der Waals surface area contributed by atoms with Crippen LogP contribution in [0, 0.1) is 11.7 Å². The largest absolute Gasteiger partial charge is 0.493 e. The first-order valence-electron chi connectivity index (χ1n) is 9.84. The van der Waals surface area contributed by atoms with Crippen LogP contribution in [-0.4, -0.2) is 38.2 Å². The number of hydrogen-bond donors (Lipinski definition) is 1. The van der Waals surface area contributed by atoms with E-state index < -0.39 is 18.0 Å². The van der Waals surface area contributed by atoms with E-state index in [2.05, 4.69) is 5.32 Å². The molecule has 0 aromatic heterocycles. The molecule has 0 spiro atoms. The first kappa shape index (κ1) is 23.2. The van der Waals surface area contributed by atoms with Gasteiger partial charge in [-0.05, 0) is 55.2 Å². The van der Waals surface area contributed by atoms with Gasteiger partial charge in [0.1, 0.15) is 5.82 Å². The third-order valence-electron chi connectivity index (χ3n) is 4.25. The second-order valence-electron chi connectivity index (χ2n) is 7.29. The van der Waals surface area contributed by atoms with Crippen molar-refractivity contribution in [1.82, 2.24) is 5.32 Å². The van der Waals surface area contributed by atoms with Gasteiger partial charge in [0.25, 0.3) is 5.91 Å².